The number of nitrogens with zero attached hydrogens (tertiary/aromatic N) is 2. The van der Waals surface area contributed by atoms with Crippen LogP contribution in [-0.2, 0) is 6.61 Å². The number of aromatic nitrogens is 2. The summed E-state index contributed by atoms with van der Waals surface area (Å²) >= 11 is 5.85. The van der Waals surface area contributed by atoms with Crippen LogP contribution in [0.2, 0.25) is 5.02 Å². The number of nitrogen functional groups attached to an aromatic ring is 1. The summed E-state index contributed by atoms with van der Waals surface area (Å²) in [6.07, 6.45) is 0. The highest BCUT2D eigenvalue weighted by atomic mass is 35.5. The Morgan fingerprint density at radius 3 is 2.82 bits per heavy atom. The Bertz CT molecular complexity index is 511. The Morgan fingerprint density at radius 1 is 1.29 bits per heavy atom. The lowest BCUT2D eigenvalue weighted by atomic mass is 10.3. The topological polar surface area (TPSA) is 61.0 Å². The van der Waals surface area contributed by atoms with E-state index in [1.54, 1.807) is 18.2 Å². The zero-order valence-electron chi connectivity index (χ0n) is 9.35. The third kappa shape index (κ3) is 3.32. The molecule has 1 aromatic heterocycles. The molecule has 1 aromatic carbocycles. The van der Waals surface area contributed by atoms with Crippen LogP contribution in [0.25, 0.3) is 0 Å². The first-order chi connectivity index (χ1) is 8.13. The monoisotopic (exact) mass is 249 g/mol. The predicted octanol–water partition coefficient (Wildman–Crippen LogP) is 2.60. The standard InChI is InChI=1S/C12H12ClN3O/c1-8-5-11(14)16-12(15-8)7-17-10-4-2-3-9(13)6-10/h2-6H,7H2,1H3,(H2,14,15,16). The normalized spacial score (nSPS) is 10.2. The van der Waals surface area contributed by atoms with Gasteiger partial charge in [-0.2, -0.15) is 0 Å². The fourth-order valence-electron chi connectivity index (χ4n) is 1.43. The summed E-state index contributed by atoms with van der Waals surface area (Å²) in [5.41, 5.74) is 6.45. The molecule has 2 N–H and O–H groups in total. The molecule has 2 rings (SSSR count). The number of ether oxygens (including phenoxy) is 1. The van der Waals surface area contributed by atoms with Crippen molar-refractivity contribution in [3.63, 3.8) is 0 Å². The molecular weight excluding hydrogens is 238 g/mol. The van der Waals surface area contributed by atoms with Crippen LogP contribution in [0, 0.1) is 6.92 Å². The summed E-state index contributed by atoms with van der Waals surface area (Å²) in [5, 5.41) is 0.632. The maximum Gasteiger partial charge on any atom is 0.168 e. The van der Waals surface area contributed by atoms with Crippen molar-refractivity contribution >= 4 is 17.4 Å². The molecule has 0 amide bonds. The van der Waals surface area contributed by atoms with Gasteiger partial charge in [-0.05, 0) is 25.1 Å². The average molecular weight is 250 g/mol. The molecule has 0 saturated heterocycles. The maximum absolute atomic E-state index is 5.85. The molecule has 0 fully saturated rings. The summed E-state index contributed by atoms with van der Waals surface area (Å²) < 4.78 is 5.52. The van der Waals surface area contributed by atoms with Gasteiger partial charge >= 0.3 is 0 Å². The van der Waals surface area contributed by atoms with Gasteiger partial charge in [-0.1, -0.05) is 17.7 Å². The van der Waals surface area contributed by atoms with Crippen molar-refractivity contribution in [2.24, 2.45) is 0 Å². The molecule has 0 radical (unpaired) electrons. The Morgan fingerprint density at radius 2 is 2.12 bits per heavy atom. The lowest BCUT2D eigenvalue weighted by Gasteiger charge is -2.06. The summed E-state index contributed by atoms with van der Waals surface area (Å²) in [6, 6.07) is 8.88. The highest BCUT2D eigenvalue weighted by Crippen LogP contribution is 2.18. The number of rotatable bonds is 3. The summed E-state index contributed by atoms with van der Waals surface area (Å²) in [4.78, 5) is 8.30. The third-order valence-corrected chi connectivity index (χ3v) is 2.32. The fourth-order valence-corrected chi connectivity index (χ4v) is 1.61. The Labute approximate surface area is 104 Å². The van der Waals surface area contributed by atoms with Gasteiger partial charge in [0.15, 0.2) is 5.82 Å². The zero-order chi connectivity index (χ0) is 12.3. The maximum atomic E-state index is 5.85. The van der Waals surface area contributed by atoms with E-state index in [1.807, 2.05) is 19.1 Å². The lowest BCUT2D eigenvalue weighted by molar-refractivity contribution is 0.296. The summed E-state index contributed by atoms with van der Waals surface area (Å²) in [7, 11) is 0. The van der Waals surface area contributed by atoms with E-state index >= 15 is 0 Å². The average Bonchev–Trinajstić information content (AvgIpc) is 2.25. The first-order valence-corrected chi connectivity index (χ1v) is 5.50. The van der Waals surface area contributed by atoms with Crippen LogP contribution in [0.1, 0.15) is 11.5 Å². The highest BCUT2D eigenvalue weighted by molar-refractivity contribution is 6.30. The predicted molar refractivity (Wildman–Crippen MR) is 67.0 cm³/mol. The summed E-state index contributed by atoms with van der Waals surface area (Å²) in [6.45, 7) is 2.13. The van der Waals surface area contributed by atoms with Crippen molar-refractivity contribution in [1.29, 1.82) is 0 Å². The minimum absolute atomic E-state index is 0.270. The van der Waals surface area contributed by atoms with Crippen molar-refractivity contribution < 1.29 is 4.74 Å². The van der Waals surface area contributed by atoms with Gasteiger partial charge in [-0.3, -0.25) is 0 Å². The number of hydrogen-bond donors (Lipinski definition) is 1. The van der Waals surface area contributed by atoms with Crippen LogP contribution in [0.15, 0.2) is 30.3 Å². The molecule has 0 spiro atoms. The van der Waals surface area contributed by atoms with Crippen LogP contribution < -0.4 is 10.5 Å². The van der Waals surface area contributed by atoms with E-state index < -0.39 is 0 Å². The van der Waals surface area contributed by atoms with Gasteiger partial charge in [0, 0.05) is 16.8 Å². The molecule has 1 heterocycles. The second-order valence-corrected chi connectivity index (χ2v) is 4.03. The Hall–Kier alpha value is -1.81. The SMILES string of the molecule is Cc1cc(N)nc(COc2cccc(Cl)c2)n1. The van der Waals surface area contributed by atoms with Gasteiger partial charge in [0.25, 0.3) is 0 Å². The van der Waals surface area contributed by atoms with E-state index in [9.17, 15) is 0 Å². The smallest absolute Gasteiger partial charge is 0.168 e. The van der Waals surface area contributed by atoms with E-state index in [4.69, 9.17) is 22.1 Å². The molecule has 0 unspecified atom stereocenters. The van der Waals surface area contributed by atoms with E-state index in [0.717, 1.165) is 5.69 Å². The number of hydrogen-bond acceptors (Lipinski definition) is 4. The third-order valence-electron chi connectivity index (χ3n) is 2.08. The van der Waals surface area contributed by atoms with E-state index in [0.29, 0.717) is 22.4 Å². The minimum Gasteiger partial charge on any atom is -0.486 e. The summed E-state index contributed by atoms with van der Waals surface area (Å²) in [5.74, 6) is 1.69. The van der Waals surface area contributed by atoms with E-state index in [2.05, 4.69) is 9.97 Å². The molecular formula is C12H12ClN3O. The van der Waals surface area contributed by atoms with Gasteiger partial charge in [0.1, 0.15) is 18.2 Å². The van der Waals surface area contributed by atoms with Crippen LogP contribution in [0.5, 0.6) is 5.75 Å². The molecule has 88 valence electrons. The molecule has 0 atom stereocenters. The van der Waals surface area contributed by atoms with Gasteiger partial charge in [0.2, 0.25) is 0 Å². The number of nitrogens with two attached hydrogens (primary N) is 1. The van der Waals surface area contributed by atoms with Gasteiger partial charge < -0.3 is 10.5 Å². The molecule has 0 aliphatic carbocycles. The van der Waals surface area contributed by atoms with Gasteiger partial charge in [-0.15, -0.1) is 0 Å². The van der Waals surface area contributed by atoms with Crippen molar-refractivity contribution in [3.8, 4) is 5.75 Å². The van der Waals surface area contributed by atoms with Crippen molar-refractivity contribution in [1.82, 2.24) is 9.97 Å². The van der Waals surface area contributed by atoms with Gasteiger partial charge in [-0.25, -0.2) is 9.97 Å². The number of anilines is 1. The first-order valence-electron chi connectivity index (χ1n) is 5.12. The molecule has 4 nitrogen and oxygen atoms in total. The number of aryl methyl sites for hydroxylation is 1. The molecule has 5 heteroatoms. The molecule has 0 aliphatic rings. The second kappa shape index (κ2) is 5.01. The van der Waals surface area contributed by atoms with Crippen LogP contribution in [0.4, 0.5) is 5.82 Å². The Balaban J connectivity index is 2.07. The first kappa shape index (κ1) is 11.7. The largest absolute Gasteiger partial charge is 0.486 e. The second-order valence-electron chi connectivity index (χ2n) is 3.60. The molecule has 2 aromatic rings. The van der Waals surface area contributed by atoms with Gasteiger partial charge in [0.05, 0.1) is 0 Å². The quantitative estimate of drug-likeness (QED) is 0.908. The zero-order valence-corrected chi connectivity index (χ0v) is 10.1. The van der Waals surface area contributed by atoms with Crippen molar-refractivity contribution in [2.45, 2.75) is 13.5 Å². The number of halogens is 1. The van der Waals surface area contributed by atoms with Crippen LogP contribution in [0.3, 0.4) is 0 Å². The molecule has 17 heavy (non-hydrogen) atoms. The van der Waals surface area contributed by atoms with Crippen molar-refractivity contribution in [3.05, 3.63) is 46.9 Å². The molecule has 0 saturated carbocycles. The van der Waals surface area contributed by atoms with Crippen LogP contribution in [-0.4, -0.2) is 9.97 Å². The fraction of sp³-hybridized carbons (Fsp3) is 0.167. The van der Waals surface area contributed by atoms with Crippen molar-refractivity contribution in [2.75, 3.05) is 5.73 Å². The highest BCUT2D eigenvalue weighted by Gasteiger charge is 2.01. The molecule has 0 aliphatic heterocycles. The van der Waals surface area contributed by atoms with Crippen LogP contribution >= 0.6 is 11.6 Å². The molecule has 0 bridgehead atoms. The van der Waals surface area contributed by atoms with E-state index in [-0.39, 0.29) is 6.61 Å². The minimum atomic E-state index is 0.270. The van der Waals surface area contributed by atoms with E-state index in [1.165, 1.54) is 0 Å². The Kier molecular flexibility index (Phi) is 3.44. The number of benzene rings is 1. The lowest BCUT2D eigenvalue weighted by Crippen LogP contribution is -2.05.